The Hall–Kier alpha value is 0.190. The highest BCUT2D eigenvalue weighted by atomic mass is 127. The molecule has 92 valence electrons. The summed E-state index contributed by atoms with van der Waals surface area (Å²) in [6, 6.07) is 5.78. The number of carbonyl (C=O) groups excluding carboxylic acids is 1. The van der Waals surface area contributed by atoms with Gasteiger partial charge in [-0.1, -0.05) is 15.9 Å². The van der Waals surface area contributed by atoms with Crippen molar-refractivity contribution in [1.29, 1.82) is 0 Å². The minimum Gasteiger partial charge on any atom is -0.339 e. The second kappa shape index (κ2) is 5.89. The third-order valence-corrected chi connectivity index (χ3v) is 4.74. The standard InChI is InChI=1S/C12H12BrClINO/c13-8-1-2-11(15)10(7-8)12(17)16-5-3-9(14)4-6-16/h1-2,7,9H,3-6H2. The second-order valence-electron chi connectivity index (χ2n) is 4.09. The molecule has 0 spiro atoms. The van der Waals surface area contributed by atoms with Crippen LogP contribution in [0.5, 0.6) is 0 Å². The molecule has 1 aromatic carbocycles. The smallest absolute Gasteiger partial charge is 0.254 e. The quantitative estimate of drug-likeness (QED) is 0.491. The van der Waals surface area contributed by atoms with Crippen molar-refractivity contribution in [3.05, 3.63) is 31.8 Å². The maximum absolute atomic E-state index is 12.3. The Morgan fingerprint density at radius 3 is 2.71 bits per heavy atom. The van der Waals surface area contributed by atoms with E-state index in [1.807, 2.05) is 23.1 Å². The molecule has 0 atom stereocenters. The molecule has 0 aromatic heterocycles. The minimum atomic E-state index is 0.110. The van der Waals surface area contributed by atoms with Gasteiger partial charge < -0.3 is 4.90 Å². The first-order valence-electron chi connectivity index (χ1n) is 5.46. The molecule has 0 radical (unpaired) electrons. The summed E-state index contributed by atoms with van der Waals surface area (Å²) in [6.45, 7) is 1.52. The summed E-state index contributed by atoms with van der Waals surface area (Å²) >= 11 is 11.6. The highest BCUT2D eigenvalue weighted by molar-refractivity contribution is 14.1. The Kier molecular flexibility index (Phi) is 4.72. The fraction of sp³-hybridized carbons (Fsp3) is 0.417. The molecule has 17 heavy (non-hydrogen) atoms. The summed E-state index contributed by atoms with van der Waals surface area (Å²) in [5, 5.41) is 0.223. The molecule has 0 N–H and O–H groups in total. The van der Waals surface area contributed by atoms with E-state index in [0.717, 1.165) is 39.5 Å². The molecule has 5 heteroatoms. The van der Waals surface area contributed by atoms with Gasteiger partial charge in [0.15, 0.2) is 0 Å². The van der Waals surface area contributed by atoms with Crippen molar-refractivity contribution < 1.29 is 4.79 Å². The third-order valence-electron chi connectivity index (χ3n) is 2.87. The van der Waals surface area contributed by atoms with E-state index >= 15 is 0 Å². The number of benzene rings is 1. The largest absolute Gasteiger partial charge is 0.339 e. The van der Waals surface area contributed by atoms with Crippen LogP contribution < -0.4 is 0 Å². The van der Waals surface area contributed by atoms with Crippen LogP contribution in [0.15, 0.2) is 22.7 Å². The Balaban J connectivity index is 2.16. The molecule has 1 aromatic rings. The molecule has 1 aliphatic heterocycles. The zero-order chi connectivity index (χ0) is 12.4. The van der Waals surface area contributed by atoms with Gasteiger partial charge in [-0.25, -0.2) is 0 Å². The molecule has 2 rings (SSSR count). The van der Waals surface area contributed by atoms with Crippen LogP contribution in [0.3, 0.4) is 0 Å². The number of nitrogens with zero attached hydrogens (tertiary/aromatic N) is 1. The van der Waals surface area contributed by atoms with Crippen LogP contribution in [-0.2, 0) is 0 Å². The van der Waals surface area contributed by atoms with Gasteiger partial charge in [0.1, 0.15) is 0 Å². The van der Waals surface area contributed by atoms with Crippen molar-refractivity contribution in [2.24, 2.45) is 0 Å². The first kappa shape index (κ1) is 13.6. The number of likely N-dealkylation sites (tertiary alicyclic amines) is 1. The Bertz CT molecular complexity index is 433. The van der Waals surface area contributed by atoms with Crippen molar-refractivity contribution in [1.82, 2.24) is 4.90 Å². The Labute approximate surface area is 128 Å². The first-order chi connectivity index (χ1) is 8.08. The van der Waals surface area contributed by atoms with E-state index in [1.54, 1.807) is 0 Å². The number of hydrogen-bond donors (Lipinski definition) is 0. The lowest BCUT2D eigenvalue weighted by Crippen LogP contribution is -2.39. The fourth-order valence-corrected chi connectivity index (χ4v) is 3.01. The predicted octanol–water partition coefficient (Wildman–Crippen LogP) is 3.90. The van der Waals surface area contributed by atoms with Gasteiger partial charge in [0.25, 0.3) is 5.91 Å². The van der Waals surface area contributed by atoms with Crippen molar-refractivity contribution in [2.75, 3.05) is 13.1 Å². The molecule has 1 fully saturated rings. The summed E-state index contributed by atoms with van der Waals surface area (Å²) in [5.74, 6) is 0.110. The molecule has 1 saturated heterocycles. The molecule has 1 heterocycles. The molecule has 0 saturated carbocycles. The van der Waals surface area contributed by atoms with Crippen LogP contribution in [-0.4, -0.2) is 29.3 Å². The highest BCUT2D eigenvalue weighted by Crippen LogP contribution is 2.22. The summed E-state index contributed by atoms with van der Waals surface area (Å²) in [6.07, 6.45) is 1.77. The molecule has 1 amide bonds. The molecular formula is C12H12BrClINO. The first-order valence-corrected chi connectivity index (χ1v) is 7.77. The molecule has 0 bridgehead atoms. The number of alkyl halides is 1. The molecule has 0 unspecified atom stereocenters. The van der Waals surface area contributed by atoms with Crippen LogP contribution in [0.1, 0.15) is 23.2 Å². The normalized spacial score (nSPS) is 17.2. The topological polar surface area (TPSA) is 20.3 Å². The van der Waals surface area contributed by atoms with Crippen LogP contribution in [0.2, 0.25) is 0 Å². The Morgan fingerprint density at radius 2 is 2.06 bits per heavy atom. The summed E-state index contributed by atoms with van der Waals surface area (Å²) in [7, 11) is 0. The fourth-order valence-electron chi connectivity index (χ4n) is 1.88. The van der Waals surface area contributed by atoms with Gasteiger partial charge in [0, 0.05) is 26.5 Å². The van der Waals surface area contributed by atoms with Gasteiger partial charge in [-0.2, -0.15) is 0 Å². The third kappa shape index (κ3) is 3.35. The highest BCUT2D eigenvalue weighted by Gasteiger charge is 2.23. The predicted molar refractivity (Wildman–Crippen MR) is 81.6 cm³/mol. The van der Waals surface area contributed by atoms with Gasteiger partial charge in [0.05, 0.1) is 5.56 Å². The van der Waals surface area contributed by atoms with Crippen molar-refractivity contribution in [2.45, 2.75) is 18.2 Å². The van der Waals surface area contributed by atoms with Crippen LogP contribution in [0, 0.1) is 3.57 Å². The maximum Gasteiger partial charge on any atom is 0.254 e. The number of halogens is 3. The van der Waals surface area contributed by atoms with Crippen molar-refractivity contribution in [3.63, 3.8) is 0 Å². The van der Waals surface area contributed by atoms with E-state index in [1.165, 1.54) is 0 Å². The lowest BCUT2D eigenvalue weighted by Gasteiger charge is -2.29. The van der Waals surface area contributed by atoms with Crippen molar-refractivity contribution in [3.8, 4) is 0 Å². The van der Waals surface area contributed by atoms with Gasteiger partial charge in [-0.05, 0) is 53.6 Å². The number of carbonyl (C=O) groups is 1. The van der Waals surface area contributed by atoms with E-state index in [0.29, 0.717) is 0 Å². The van der Waals surface area contributed by atoms with Gasteiger partial charge in [0.2, 0.25) is 0 Å². The van der Waals surface area contributed by atoms with Gasteiger partial charge in [-0.15, -0.1) is 11.6 Å². The van der Waals surface area contributed by atoms with Crippen molar-refractivity contribution >= 4 is 56.0 Å². The SMILES string of the molecule is O=C(c1cc(Br)ccc1I)N1CCC(Cl)CC1. The number of rotatable bonds is 1. The molecular weight excluding hydrogens is 416 g/mol. The second-order valence-corrected chi connectivity index (χ2v) is 6.79. The number of hydrogen-bond acceptors (Lipinski definition) is 1. The number of amides is 1. The van der Waals surface area contributed by atoms with Crippen LogP contribution in [0.4, 0.5) is 0 Å². The molecule has 2 nitrogen and oxygen atoms in total. The van der Waals surface area contributed by atoms with E-state index < -0.39 is 0 Å². The van der Waals surface area contributed by atoms with E-state index in [4.69, 9.17) is 11.6 Å². The van der Waals surface area contributed by atoms with E-state index in [9.17, 15) is 4.79 Å². The minimum absolute atomic E-state index is 0.110. The zero-order valence-electron chi connectivity index (χ0n) is 9.13. The van der Waals surface area contributed by atoms with Crippen LogP contribution in [0.25, 0.3) is 0 Å². The summed E-state index contributed by atoms with van der Waals surface area (Å²) < 4.78 is 1.93. The van der Waals surface area contributed by atoms with E-state index in [2.05, 4.69) is 38.5 Å². The van der Waals surface area contributed by atoms with E-state index in [-0.39, 0.29) is 11.3 Å². The van der Waals surface area contributed by atoms with Gasteiger partial charge >= 0.3 is 0 Å². The maximum atomic E-state index is 12.3. The number of piperidine rings is 1. The van der Waals surface area contributed by atoms with Crippen LogP contribution >= 0.6 is 50.1 Å². The lowest BCUT2D eigenvalue weighted by atomic mass is 10.1. The summed E-state index contributed by atoms with van der Waals surface area (Å²) in [4.78, 5) is 14.2. The zero-order valence-corrected chi connectivity index (χ0v) is 13.6. The monoisotopic (exact) mass is 427 g/mol. The lowest BCUT2D eigenvalue weighted by molar-refractivity contribution is 0.0725. The van der Waals surface area contributed by atoms with Gasteiger partial charge in [-0.3, -0.25) is 4.79 Å². The Morgan fingerprint density at radius 1 is 1.41 bits per heavy atom. The average Bonchev–Trinajstić information content (AvgIpc) is 2.32. The average molecular weight is 428 g/mol. The molecule has 0 aliphatic carbocycles. The summed E-state index contributed by atoms with van der Waals surface area (Å²) in [5.41, 5.74) is 0.771. The molecule has 1 aliphatic rings.